The van der Waals surface area contributed by atoms with Crippen molar-refractivity contribution in [2.75, 3.05) is 20.1 Å². The number of likely N-dealkylation sites (N-methyl/N-ethyl adjacent to an activating group) is 1. The highest BCUT2D eigenvalue weighted by Crippen LogP contribution is 2.21. The van der Waals surface area contributed by atoms with Crippen LogP contribution in [0.1, 0.15) is 43.7 Å². The van der Waals surface area contributed by atoms with E-state index in [2.05, 4.69) is 21.7 Å². The normalized spacial score (nSPS) is 12.7. The van der Waals surface area contributed by atoms with Crippen LogP contribution < -0.4 is 16.4 Å². The molecule has 8 heteroatoms. The second-order valence-electron chi connectivity index (χ2n) is 10.6. The first-order valence-electron chi connectivity index (χ1n) is 14.5. The predicted octanol–water partition coefficient (Wildman–Crippen LogP) is 4.07. The summed E-state index contributed by atoms with van der Waals surface area (Å²) in [6.07, 6.45) is 5.14. The number of hydrogen-bond donors (Lipinski definition) is 4. The minimum Gasteiger partial charge on any atom is -0.361 e. The number of rotatable bonds is 14. The molecule has 216 valence electrons. The van der Waals surface area contributed by atoms with Gasteiger partial charge in [-0.25, -0.2) is 0 Å². The monoisotopic (exact) mass is 555 g/mol. The van der Waals surface area contributed by atoms with Crippen LogP contribution in [0.2, 0.25) is 0 Å². The number of nitrogens with zero attached hydrogens (tertiary/aromatic N) is 1. The van der Waals surface area contributed by atoms with Gasteiger partial charge in [-0.15, -0.1) is 0 Å². The molecular formula is C33H41N5O3. The zero-order chi connectivity index (χ0) is 29.2. The van der Waals surface area contributed by atoms with Gasteiger partial charge in [0.15, 0.2) is 0 Å². The number of hydrogen-bond acceptors (Lipinski definition) is 4. The summed E-state index contributed by atoms with van der Waals surface area (Å²) in [5.74, 6) is -0.720. The third-order valence-corrected chi connectivity index (χ3v) is 7.53. The fraction of sp³-hybridized carbons (Fsp3) is 0.364. The lowest BCUT2D eigenvalue weighted by molar-refractivity contribution is -0.141. The Morgan fingerprint density at radius 1 is 0.951 bits per heavy atom. The molecule has 0 spiro atoms. The zero-order valence-corrected chi connectivity index (χ0v) is 24.0. The molecule has 4 aromatic rings. The van der Waals surface area contributed by atoms with Crippen LogP contribution in [0.3, 0.4) is 0 Å². The van der Waals surface area contributed by atoms with Crippen molar-refractivity contribution in [1.29, 1.82) is 0 Å². The van der Waals surface area contributed by atoms with E-state index in [1.165, 1.54) is 4.90 Å². The van der Waals surface area contributed by atoms with E-state index in [1.807, 2.05) is 73.8 Å². The third-order valence-electron chi connectivity index (χ3n) is 7.53. The summed E-state index contributed by atoms with van der Waals surface area (Å²) in [7, 11) is 1.65. The Balaban J connectivity index is 1.61. The number of H-pyrrole nitrogens is 1. The van der Waals surface area contributed by atoms with Gasteiger partial charge in [-0.3, -0.25) is 14.4 Å². The van der Waals surface area contributed by atoms with Crippen LogP contribution in [0.25, 0.3) is 21.7 Å². The molecule has 1 heterocycles. The molecule has 0 saturated carbocycles. The zero-order valence-electron chi connectivity index (χ0n) is 24.0. The lowest BCUT2D eigenvalue weighted by Gasteiger charge is -2.31. The molecule has 0 aliphatic heterocycles. The highest BCUT2D eigenvalue weighted by atomic mass is 16.2. The fourth-order valence-corrected chi connectivity index (χ4v) is 5.15. The first-order valence-corrected chi connectivity index (χ1v) is 14.5. The molecule has 0 aliphatic carbocycles. The minimum absolute atomic E-state index is 0.170. The smallest absolute Gasteiger partial charge is 0.245 e. The molecule has 0 saturated heterocycles. The van der Waals surface area contributed by atoms with E-state index in [0.29, 0.717) is 38.8 Å². The largest absolute Gasteiger partial charge is 0.361 e. The van der Waals surface area contributed by atoms with Crippen molar-refractivity contribution in [1.82, 2.24) is 20.5 Å². The molecule has 5 N–H and O–H groups in total. The van der Waals surface area contributed by atoms with Gasteiger partial charge in [-0.1, -0.05) is 74.0 Å². The predicted molar refractivity (Wildman–Crippen MR) is 164 cm³/mol. The van der Waals surface area contributed by atoms with Crippen LogP contribution in [-0.4, -0.2) is 59.8 Å². The molecule has 8 nitrogen and oxygen atoms in total. The summed E-state index contributed by atoms with van der Waals surface area (Å²) in [5, 5.41) is 9.11. The molecule has 0 aliphatic rings. The molecular weight excluding hydrogens is 514 g/mol. The van der Waals surface area contributed by atoms with Gasteiger partial charge >= 0.3 is 0 Å². The second-order valence-corrected chi connectivity index (χ2v) is 10.6. The Hall–Kier alpha value is -4.17. The molecule has 1 aromatic heterocycles. The van der Waals surface area contributed by atoms with Gasteiger partial charge < -0.3 is 26.3 Å². The van der Waals surface area contributed by atoms with Gasteiger partial charge in [0.05, 0.1) is 0 Å². The fourth-order valence-electron chi connectivity index (χ4n) is 5.15. The van der Waals surface area contributed by atoms with Crippen molar-refractivity contribution in [3.63, 3.8) is 0 Å². The number of benzene rings is 3. The van der Waals surface area contributed by atoms with Gasteiger partial charge in [0.1, 0.15) is 12.1 Å². The molecule has 0 radical (unpaired) electrons. The van der Waals surface area contributed by atoms with Crippen LogP contribution in [0.15, 0.2) is 72.9 Å². The van der Waals surface area contributed by atoms with Crippen molar-refractivity contribution < 1.29 is 14.4 Å². The summed E-state index contributed by atoms with van der Waals surface area (Å²) in [6.45, 7) is 2.91. The van der Waals surface area contributed by atoms with Gasteiger partial charge in [0, 0.05) is 50.0 Å². The number of aromatic amines is 1. The minimum atomic E-state index is -0.820. The summed E-state index contributed by atoms with van der Waals surface area (Å²) in [6, 6.07) is 20.4. The Labute approximate surface area is 241 Å². The molecule has 3 amide bonds. The van der Waals surface area contributed by atoms with E-state index >= 15 is 0 Å². The van der Waals surface area contributed by atoms with Gasteiger partial charge in [0.2, 0.25) is 17.7 Å². The molecule has 2 unspecified atom stereocenters. The van der Waals surface area contributed by atoms with E-state index in [-0.39, 0.29) is 17.7 Å². The average molecular weight is 556 g/mol. The number of fused-ring (bicyclic) bond motifs is 2. The lowest BCUT2D eigenvalue weighted by Crippen LogP contribution is -2.55. The van der Waals surface area contributed by atoms with E-state index in [0.717, 1.165) is 45.6 Å². The highest BCUT2D eigenvalue weighted by molar-refractivity contribution is 5.93. The van der Waals surface area contributed by atoms with E-state index in [1.54, 1.807) is 7.05 Å². The number of nitrogens with one attached hydrogen (secondary N) is 3. The Kier molecular flexibility index (Phi) is 10.5. The SMILES string of the molecule is CCCCC(=O)NC(Cc1c[nH]c2ccccc12)C(=O)N(C)C(Cc1ccc2ccccc2c1)C(=O)NCCCN. The van der Waals surface area contributed by atoms with E-state index < -0.39 is 12.1 Å². The number of amides is 3. The van der Waals surface area contributed by atoms with Crippen molar-refractivity contribution in [3.8, 4) is 0 Å². The molecule has 3 aromatic carbocycles. The maximum absolute atomic E-state index is 14.1. The van der Waals surface area contributed by atoms with Gasteiger partial charge in [0.25, 0.3) is 0 Å². The number of nitrogens with two attached hydrogens (primary N) is 1. The Morgan fingerprint density at radius 3 is 2.49 bits per heavy atom. The summed E-state index contributed by atoms with van der Waals surface area (Å²) >= 11 is 0. The first kappa shape index (κ1) is 29.8. The highest BCUT2D eigenvalue weighted by Gasteiger charge is 2.32. The third kappa shape index (κ3) is 7.73. The molecule has 0 bridgehead atoms. The maximum atomic E-state index is 14.1. The lowest BCUT2D eigenvalue weighted by atomic mass is 9.98. The van der Waals surface area contributed by atoms with Crippen LogP contribution in [-0.2, 0) is 27.2 Å². The van der Waals surface area contributed by atoms with Crippen LogP contribution >= 0.6 is 0 Å². The standard InChI is InChI=1S/C33H41N5O3/c1-3-4-14-31(39)37-29(21-26-22-36-28-13-8-7-12-27(26)28)33(41)38(2)30(32(40)35-18-9-17-34)20-23-15-16-24-10-5-6-11-25(24)19-23/h5-8,10-13,15-16,19,22,29-30,36H,3-4,9,14,17-18,20-21,34H2,1-2H3,(H,35,40)(H,37,39). The van der Waals surface area contributed by atoms with Gasteiger partial charge in [-0.2, -0.15) is 0 Å². The number of carbonyl (C=O) groups is 3. The number of para-hydroxylation sites is 1. The molecule has 0 fully saturated rings. The van der Waals surface area contributed by atoms with Crippen molar-refractivity contribution in [2.45, 2.75) is 57.5 Å². The second kappa shape index (κ2) is 14.5. The van der Waals surface area contributed by atoms with E-state index in [4.69, 9.17) is 5.73 Å². The first-order chi connectivity index (χ1) is 19.9. The molecule has 4 rings (SSSR count). The van der Waals surface area contributed by atoms with Crippen molar-refractivity contribution >= 4 is 39.4 Å². The van der Waals surface area contributed by atoms with Crippen LogP contribution in [0.4, 0.5) is 0 Å². The van der Waals surface area contributed by atoms with E-state index in [9.17, 15) is 14.4 Å². The summed E-state index contributed by atoms with van der Waals surface area (Å²) in [4.78, 5) is 45.2. The number of aromatic nitrogens is 1. The van der Waals surface area contributed by atoms with Crippen molar-refractivity contribution in [3.05, 3.63) is 84.1 Å². The molecule has 2 atom stereocenters. The van der Waals surface area contributed by atoms with Crippen molar-refractivity contribution in [2.24, 2.45) is 5.73 Å². The Morgan fingerprint density at radius 2 is 1.71 bits per heavy atom. The summed E-state index contributed by atoms with van der Waals surface area (Å²) in [5.41, 5.74) is 8.49. The van der Waals surface area contributed by atoms with Gasteiger partial charge in [-0.05, 0) is 47.4 Å². The number of unbranched alkanes of at least 4 members (excludes halogenated alkanes) is 1. The number of carbonyl (C=O) groups excluding carboxylic acids is 3. The maximum Gasteiger partial charge on any atom is 0.245 e. The topological polar surface area (TPSA) is 120 Å². The van der Waals surface area contributed by atoms with Crippen LogP contribution in [0, 0.1) is 0 Å². The quantitative estimate of drug-likeness (QED) is 0.175. The van der Waals surface area contributed by atoms with Crippen LogP contribution in [0.5, 0.6) is 0 Å². The summed E-state index contributed by atoms with van der Waals surface area (Å²) < 4.78 is 0. The molecule has 41 heavy (non-hydrogen) atoms. The Bertz CT molecular complexity index is 1480. The average Bonchev–Trinajstić information content (AvgIpc) is 3.40.